The topological polar surface area (TPSA) is 32.3 Å². The van der Waals surface area contributed by atoms with Gasteiger partial charge >= 0.3 is 0 Å². The monoisotopic (exact) mass is 256 g/mol. The van der Waals surface area contributed by atoms with Crippen molar-refractivity contribution in [2.75, 3.05) is 25.9 Å². The first-order valence-corrected chi connectivity index (χ1v) is 7.94. The van der Waals surface area contributed by atoms with Crippen molar-refractivity contribution in [1.29, 1.82) is 0 Å². The van der Waals surface area contributed by atoms with Gasteiger partial charge in [0.05, 0.1) is 5.25 Å². The molecule has 2 unspecified atom stereocenters. The first-order valence-electron chi connectivity index (χ1n) is 6.89. The smallest absolute Gasteiger partial charge is 0.235 e. The van der Waals surface area contributed by atoms with Crippen molar-refractivity contribution in [1.82, 2.24) is 10.2 Å². The van der Waals surface area contributed by atoms with E-state index in [2.05, 4.69) is 10.2 Å². The minimum atomic E-state index is 0.269. The molecule has 0 saturated carbocycles. The van der Waals surface area contributed by atoms with Crippen molar-refractivity contribution in [3.05, 3.63) is 0 Å². The molecule has 0 aromatic rings. The van der Waals surface area contributed by atoms with E-state index in [-0.39, 0.29) is 5.25 Å². The van der Waals surface area contributed by atoms with Gasteiger partial charge < -0.3 is 10.2 Å². The zero-order chi connectivity index (χ0) is 12.1. The molecule has 2 atom stereocenters. The van der Waals surface area contributed by atoms with Crippen LogP contribution >= 0.6 is 11.8 Å². The molecule has 2 aliphatic heterocycles. The van der Waals surface area contributed by atoms with E-state index in [1.54, 1.807) is 0 Å². The molecular weight excluding hydrogens is 232 g/mol. The van der Waals surface area contributed by atoms with E-state index in [0.29, 0.717) is 11.9 Å². The highest BCUT2D eigenvalue weighted by Gasteiger charge is 2.32. The maximum absolute atomic E-state index is 12.5. The van der Waals surface area contributed by atoms with Gasteiger partial charge in [0.15, 0.2) is 0 Å². The second-order valence-corrected chi connectivity index (χ2v) is 6.39. The molecule has 0 aliphatic carbocycles. The van der Waals surface area contributed by atoms with E-state index < -0.39 is 0 Å². The normalized spacial score (nSPS) is 29.6. The Morgan fingerprint density at radius 2 is 2.24 bits per heavy atom. The van der Waals surface area contributed by atoms with Crippen molar-refractivity contribution < 1.29 is 4.79 Å². The molecule has 98 valence electrons. The Hall–Kier alpha value is -0.220. The Morgan fingerprint density at radius 1 is 1.35 bits per heavy atom. The van der Waals surface area contributed by atoms with E-state index in [4.69, 9.17) is 0 Å². The molecular formula is C13H24N2OS. The minimum Gasteiger partial charge on any atom is -0.339 e. The van der Waals surface area contributed by atoms with Crippen LogP contribution in [-0.4, -0.2) is 48.0 Å². The van der Waals surface area contributed by atoms with Gasteiger partial charge in [0, 0.05) is 12.6 Å². The SMILES string of the molecule is CNCCC1CCCCN1C(=O)C1CCCS1. The van der Waals surface area contributed by atoms with Crippen LogP contribution < -0.4 is 5.32 Å². The van der Waals surface area contributed by atoms with Gasteiger partial charge in [-0.05, 0) is 57.9 Å². The molecule has 2 saturated heterocycles. The van der Waals surface area contributed by atoms with Crippen LogP contribution in [0.15, 0.2) is 0 Å². The number of hydrogen-bond donors (Lipinski definition) is 1. The lowest BCUT2D eigenvalue weighted by Gasteiger charge is -2.37. The maximum Gasteiger partial charge on any atom is 0.235 e. The van der Waals surface area contributed by atoms with E-state index in [0.717, 1.165) is 25.9 Å². The summed E-state index contributed by atoms with van der Waals surface area (Å²) in [6.07, 6.45) is 7.11. The number of carbonyl (C=O) groups excluding carboxylic acids is 1. The zero-order valence-corrected chi connectivity index (χ0v) is 11.6. The summed E-state index contributed by atoms with van der Waals surface area (Å²) in [5.74, 6) is 1.60. The number of amides is 1. The third kappa shape index (κ3) is 3.38. The average Bonchev–Trinajstić information content (AvgIpc) is 2.89. The standard InChI is InChI=1S/C13H24N2OS/c1-14-8-7-11-5-2-3-9-15(11)13(16)12-6-4-10-17-12/h11-12,14H,2-10H2,1H3. The number of hydrogen-bond acceptors (Lipinski definition) is 3. The van der Waals surface area contributed by atoms with Gasteiger partial charge in [-0.1, -0.05) is 0 Å². The lowest BCUT2D eigenvalue weighted by Crippen LogP contribution is -2.47. The third-order valence-corrected chi connectivity index (χ3v) is 5.21. The molecule has 0 radical (unpaired) electrons. The van der Waals surface area contributed by atoms with Crippen LogP contribution in [0, 0.1) is 0 Å². The van der Waals surface area contributed by atoms with Gasteiger partial charge in [0.25, 0.3) is 0 Å². The molecule has 17 heavy (non-hydrogen) atoms. The lowest BCUT2D eigenvalue weighted by atomic mass is 9.98. The van der Waals surface area contributed by atoms with E-state index in [1.807, 2.05) is 18.8 Å². The fourth-order valence-corrected chi connectivity index (χ4v) is 4.09. The highest BCUT2D eigenvalue weighted by atomic mass is 32.2. The van der Waals surface area contributed by atoms with Crippen LogP contribution in [0.3, 0.4) is 0 Å². The minimum absolute atomic E-state index is 0.269. The van der Waals surface area contributed by atoms with Crippen LogP contribution in [0.2, 0.25) is 0 Å². The van der Waals surface area contributed by atoms with Crippen LogP contribution in [0.1, 0.15) is 38.5 Å². The van der Waals surface area contributed by atoms with Crippen molar-refractivity contribution in [2.45, 2.75) is 49.8 Å². The van der Waals surface area contributed by atoms with Crippen LogP contribution in [0.25, 0.3) is 0 Å². The van der Waals surface area contributed by atoms with Gasteiger partial charge in [-0.25, -0.2) is 0 Å². The first-order chi connectivity index (χ1) is 8.33. The summed E-state index contributed by atoms with van der Waals surface area (Å²) >= 11 is 1.86. The van der Waals surface area contributed by atoms with Crippen molar-refractivity contribution >= 4 is 17.7 Å². The molecule has 0 spiro atoms. The third-order valence-electron chi connectivity index (χ3n) is 3.84. The van der Waals surface area contributed by atoms with Crippen molar-refractivity contribution in [3.63, 3.8) is 0 Å². The summed E-state index contributed by atoms with van der Waals surface area (Å²) in [5.41, 5.74) is 0. The summed E-state index contributed by atoms with van der Waals surface area (Å²) in [7, 11) is 1.99. The van der Waals surface area contributed by atoms with Gasteiger partial charge in [-0.15, -0.1) is 11.8 Å². The summed E-state index contributed by atoms with van der Waals surface area (Å²) in [4.78, 5) is 14.6. The number of likely N-dealkylation sites (tertiary alicyclic amines) is 1. The Bertz CT molecular complexity index is 254. The fourth-order valence-electron chi connectivity index (χ4n) is 2.86. The highest BCUT2D eigenvalue weighted by molar-refractivity contribution is 8.00. The number of rotatable bonds is 4. The molecule has 4 heteroatoms. The second-order valence-electron chi connectivity index (χ2n) is 5.08. The molecule has 0 aromatic carbocycles. The molecule has 2 heterocycles. The molecule has 2 fully saturated rings. The van der Waals surface area contributed by atoms with Gasteiger partial charge in [0.1, 0.15) is 0 Å². The van der Waals surface area contributed by atoms with Crippen LogP contribution in [0.4, 0.5) is 0 Å². The summed E-state index contributed by atoms with van der Waals surface area (Å²) < 4.78 is 0. The summed E-state index contributed by atoms with van der Waals surface area (Å²) in [6, 6.07) is 0.491. The number of nitrogens with one attached hydrogen (secondary N) is 1. The molecule has 1 amide bonds. The molecule has 3 nitrogen and oxygen atoms in total. The Kier molecular flexibility index (Phi) is 5.16. The molecule has 2 rings (SSSR count). The predicted octanol–water partition coefficient (Wildman–Crippen LogP) is 1.87. The van der Waals surface area contributed by atoms with Crippen molar-refractivity contribution in [3.8, 4) is 0 Å². The quantitative estimate of drug-likeness (QED) is 0.833. The Morgan fingerprint density at radius 3 is 2.94 bits per heavy atom. The molecule has 0 bridgehead atoms. The zero-order valence-electron chi connectivity index (χ0n) is 10.8. The molecule has 0 aromatic heterocycles. The Labute approximate surface area is 109 Å². The molecule has 1 N–H and O–H groups in total. The highest BCUT2D eigenvalue weighted by Crippen LogP contribution is 2.30. The predicted molar refractivity (Wildman–Crippen MR) is 73.4 cm³/mol. The number of piperidine rings is 1. The van der Waals surface area contributed by atoms with Crippen LogP contribution in [0.5, 0.6) is 0 Å². The van der Waals surface area contributed by atoms with Crippen LogP contribution in [-0.2, 0) is 4.79 Å². The van der Waals surface area contributed by atoms with Gasteiger partial charge in [-0.2, -0.15) is 0 Å². The first kappa shape index (κ1) is 13.2. The largest absolute Gasteiger partial charge is 0.339 e. The summed E-state index contributed by atoms with van der Waals surface area (Å²) in [5, 5.41) is 3.47. The number of nitrogens with zero attached hydrogens (tertiary/aromatic N) is 1. The number of thioether (sulfide) groups is 1. The fraction of sp³-hybridized carbons (Fsp3) is 0.923. The van der Waals surface area contributed by atoms with Gasteiger partial charge in [0.2, 0.25) is 5.91 Å². The molecule has 2 aliphatic rings. The second kappa shape index (κ2) is 6.64. The van der Waals surface area contributed by atoms with Crippen molar-refractivity contribution in [2.24, 2.45) is 0 Å². The van der Waals surface area contributed by atoms with E-state index in [1.165, 1.54) is 31.4 Å². The van der Waals surface area contributed by atoms with E-state index >= 15 is 0 Å². The Balaban J connectivity index is 1.92. The summed E-state index contributed by atoms with van der Waals surface area (Å²) in [6.45, 7) is 2.01. The average molecular weight is 256 g/mol. The lowest BCUT2D eigenvalue weighted by molar-refractivity contribution is -0.134. The maximum atomic E-state index is 12.5. The van der Waals surface area contributed by atoms with Gasteiger partial charge in [-0.3, -0.25) is 4.79 Å². The number of carbonyl (C=O) groups is 1. The van der Waals surface area contributed by atoms with E-state index in [9.17, 15) is 4.79 Å².